The predicted octanol–water partition coefficient (Wildman–Crippen LogP) is 4.11. The molecule has 0 aliphatic heterocycles. The summed E-state index contributed by atoms with van der Waals surface area (Å²) >= 11 is 11.9. The molecule has 0 heterocycles. The average Bonchev–Trinajstić information content (AvgIpc) is 2.39. The zero-order valence-corrected chi connectivity index (χ0v) is 11.4. The number of benzene rings is 2. The number of hydrogen-bond acceptors (Lipinski definition) is 3. The Balaban J connectivity index is 1.94. The summed E-state index contributed by atoms with van der Waals surface area (Å²) in [4.78, 5) is 16.6. The number of carbonyl (C=O) groups excluding carboxylic acids is 1. The van der Waals surface area contributed by atoms with Crippen LogP contribution in [0.15, 0.2) is 48.5 Å². The smallest absolute Gasteiger partial charge is 0.336 e. The van der Waals surface area contributed by atoms with Crippen LogP contribution >= 0.6 is 23.2 Å². The third-order valence-electron chi connectivity index (χ3n) is 2.42. The van der Waals surface area contributed by atoms with Crippen LogP contribution in [0.1, 0.15) is 5.56 Å². The first-order valence-corrected chi connectivity index (χ1v) is 6.36. The molecule has 1 N–H and O–H groups in total. The fourth-order valence-electron chi connectivity index (χ4n) is 1.50. The van der Waals surface area contributed by atoms with Crippen LogP contribution in [0.3, 0.4) is 0 Å². The number of rotatable bonds is 4. The van der Waals surface area contributed by atoms with E-state index in [4.69, 9.17) is 28.0 Å². The minimum absolute atomic E-state index is 0.176. The Hall–Kier alpha value is -1.71. The van der Waals surface area contributed by atoms with Crippen molar-refractivity contribution in [2.75, 3.05) is 5.48 Å². The maximum atomic E-state index is 11.6. The van der Waals surface area contributed by atoms with Crippen LogP contribution in [0, 0.1) is 0 Å². The molecule has 0 spiro atoms. The fraction of sp³-hybridized carbons (Fsp3) is 0.0714. The summed E-state index contributed by atoms with van der Waals surface area (Å²) in [6.07, 6.45) is 0.176. The monoisotopic (exact) mass is 295 g/mol. The Morgan fingerprint density at radius 1 is 1.00 bits per heavy atom. The first-order chi connectivity index (χ1) is 9.16. The summed E-state index contributed by atoms with van der Waals surface area (Å²) in [7, 11) is 0. The summed E-state index contributed by atoms with van der Waals surface area (Å²) in [5.41, 5.74) is 3.74. The van der Waals surface area contributed by atoms with Gasteiger partial charge in [-0.1, -0.05) is 59.6 Å². The Morgan fingerprint density at radius 2 is 1.63 bits per heavy atom. The molecule has 0 unspecified atom stereocenters. The molecule has 0 saturated heterocycles. The van der Waals surface area contributed by atoms with Crippen LogP contribution < -0.4 is 5.48 Å². The third kappa shape index (κ3) is 3.88. The molecule has 0 aliphatic rings. The number of para-hydroxylation sites is 1. The molecule has 0 atom stereocenters. The third-order valence-corrected chi connectivity index (χ3v) is 3.05. The molecule has 0 radical (unpaired) electrons. The minimum atomic E-state index is -0.415. The molecule has 2 rings (SSSR count). The van der Waals surface area contributed by atoms with Gasteiger partial charge in [-0.3, -0.25) is 0 Å². The minimum Gasteiger partial charge on any atom is -0.343 e. The predicted molar refractivity (Wildman–Crippen MR) is 76.3 cm³/mol. The molecule has 2 aromatic rings. The Kier molecular flexibility index (Phi) is 4.66. The van der Waals surface area contributed by atoms with E-state index in [0.29, 0.717) is 15.7 Å². The van der Waals surface area contributed by atoms with Crippen LogP contribution in [-0.2, 0) is 16.1 Å². The highest BCUT2D eigenvalue weighted by Gasteiger charge is 2.09. The van der Waals surface area contributed by atoms with Crippen molar-refractivity contribution in [1.82, 2.24) is 0 Å². The summed E-state index contributed by atoms with van der Waals surface area (Å²) in [6.45, 7) is 0. The van der Waals surface area contributed by atoms with Crippen LogP contribution in [0.25, 0.3) is 0 Å². The SMILES string of the molecule is O=C(Cc1ccccc1)ONc1c(Cl)cccc1Cl. The zero-order valence-electron chi connectivity index (χ0n) is 9.90. The second-order valence-electron chi connectivity index (χ2n) is 3.84. The van der Waals surface area contributed by atoms with Crippen LogP contribution in [0.5, 0.6) is 0 Å². The van der Waals surface area contributed by atoms with Gasteiger partial charge in [-0.2, -0.15) is 0 Å². The quantitative estimate of drug-likeness (QED) is 0.863. The number of hydrogen-bond donors (Lipinski definition) is 1. The van der Waals surface area contributed by atoms with Crippen LogP contribution in [0.4, 0.5) is 5.69 Å². The molecule has 0 saturated carbocycles. The largest absolute Gasteiger partial charge is 0.343 e. The maximum absolute atomic E-state index is 11.6. The van der Waals surface area contributed by atoms with Crippen molar-refractivity contribution in [2.45, 2.75) is 6.42 Å². The topological polar surface area (TPSA) is 38.3 Å². The standard InChI is InChI=1S/C14H11Cl2NO2/c15-11-7-4-8-12(16)14(11)17-19-13(18)9-10-5-2-1-3-6-10/h1-8,17H,9H2. The lowest BCUT2D eigenvalue weighted by molar-refractivity contribution is -0.139. The highest BCUT2D eigenvalue weighted by molar-refractivity contribution is 6.39. The van der Waals surface area contributed by atoms with E-state index in [2.05, 4.69) is 5.48 Å². The molecule has 2 aromatic carbocycles. The van der Waals surface area contributed by atoms with E-state index in [0.717, 1.165) is 5.56 Å². The highest BCUT2D eigenvalue weighted by atomic mass is 35.5. The summed E-state index contributed by atoms with van der Waals surface area (Å²) in [5, 5.41) is 0.778. The molecule has 0 amide bonds. The lowest BCUT2D eigenvalue weighted by atomic mass is 10.2. The molecule has 0 aliphatic carbocycles. The Morgan fingerprint density at radius 3 is 2.26 bits per heavy atom. The van der Waals surface area contributed by atoms with Crippen molar-refractivity contribution in [1.29, 1.82) is 0 Å². The van der Waals surface area contributed by atoms with Crippen molar-refractivity contribution >= 4 is 34.9 Å². The van der Waals surface area contributed by atoms with Gasteiger partial charge in [0.25, 0.3) is 0 Å². The molecule has 3 nitrogen and oxygen atoms in total. The van der Waals surface area contributed by atoms with Gasteiger partial charge in [-0.15, -0.1) is 0 Å². The van der Waals surface area contributed by atoms with Crippen molar-refractivity contribution < 1.29 is 9.63 Å². The van der Waals surface area contributed by atoms with Gasteiger partial charge in [0.2, 0.25) is 0 Å². The number of carbonyl (C=O) groups is 1. The Labute approximate surface area is 121 Å². The average molecular weight is 296 g/mol. The maximum Gasteiger partial charge on any atom is 0.336 e. The van der Waals surface area contributed by atoms with Gasteiger partial charge in [-0.05, 0) is 17.7 Å². The Bertz CT molecular complexity index is 553. The van der Waals surface area contributed by atoms with E-state index in [1.54, 1.807) is 18.2 Å². The van der Waals surface area contributed by atoms with Gasteiger partial charge in [0, 0.05) is 0 Å². The van der Waals surface area contributed by atoms with E-state index >= 15 is 0 Å². The first-order valence-electron chi connectivity index (χ1n) is 5.60. The van der Waals surface area contributed by atoms with Crippen LogP contribution in [-0.4, -0.2) is 5.97 Å². The van der Waals surface area contributed by atoms with Gasteiger partial charge in [0.05, 0.1) is 16.5 Å². The second kappa shape index (κ2) is 6.45. The molecule has 19 heavy (non-hydrogen) atoms. The van der Waals surface area contributed by atoms with Crippen LogP contribution in [0.2, 0.25) is 10.0 Å². The molecule has 0 aromatic heterocycles. The number of halogens is 2. The number of anilines is 1. The molecule has 0 bridgehead atoms. The van der Waals surface area contributed by atoms with E-state index in [-0.39, 0.29) is 6.42 Å². The normalized spacial score (nSPS) is 10.0. The van der Waals surface area contributed by atoms with E-state index in [1.807, 2.05) is 30.3 Å². The van der Waals surface area contributed by atoms with E-state index in [9.17, 15) is 4.79 Å². The first kappa shape index (κ1) is 13.7. The molecule has 5 heteroatoms. The van der Waals surface area contributed by atoms with Gasteiger partial charge in [0.15, 0.2) is 0 Å². The molecular formula is C14H11Cl2NO2. The van der Waals surface area contributed by atoms with Gasteiger partial charge in [-0.25, -0.2) is 10.3 Å². The van der Waals surface area contributed by atoms with Gasteiger partial charge >= 0.3 is 5.97 Å². The summed E-state index contributed by atoms with van der Waals surface area (Å²) in [5.74, 6) is -0.415. The number of nitrogens with one attached hydrogen (secondary N) is 1. The van der Waals surface area contributed by atoms with Gasteiger partial charge < -0.3 is 4.84 Å². The van der Waals surface area contributed by atoms with Crippen molar-refractivity contribution in [3.05, 3.63) is 64.1 Å². The molecular weight excluding hydrogens is 285 g/mol. The van der Waals surface area contributed by atoms with E-state index in [1.165, 1.54) is 0 Å². The molecule has 0 fully saturated rings. The van der Waals surface area contributed by atoms with Gasteiger partial charge in [0.1, 0.15) is 5.69 Å². The van der Waals surface area contributed by atoms with Crippen molar-refractivity contribution in [3.63, 3.8) is 0 Å². The lowest BCUT2D eigenvalue weighted by Gasteiger charge is -2.09. The second-order valence-corrected chi connectivity index (χ2v) is 4.65. The highest BCUT2D eigenvalue weighted by Crippen LogP contribution is 2.29. The zero-order chi connectivity index (χ0) is 13.7. The van der Waals surface area contributed by atoms with E-state index < -0.39 is 5.97 Å². The van der Waals surface area contributed by atoms with Crippen molar-refractivity contribution in [3.8, 4) is 0 Å². The fourth-order valence-corrected chi connectivity index (χ4v) is 1.98. The summed E-state index contributed by atoms with van der Waals surface area (Å²) < 4.78 is 0. The summed E-state index contributed by atoms with van der Waals surface area (Å²) in [6, 6.07) is 14.3. The lowest BCUT2D eigenvalue weighted by Crippen LogP contribution is -2.13. The van der Waals surface area contributed by atoms with Crippen molar-refractivity contribution in [2.24, 2.45) is 0 Å². The molecule has 98 valence electrons.